The third-order valence-corrected chi connectivity index (χ3v) is 3.30. The Kier molecular flexibility index (Phi) is 3.23. The van der Waals surface area contributed by atoms with Crippen LogP contribution in [0.1, 0.15) is 13.8 Å². The van der Waals surface area contributed by atoms with E-state index in [2.05, 4.69) is 4.28 Å². The molecule has 2 amide bonds. The van der Waals surface area contributed by atoms with E-state index in [1.165, 1.54) is 13.8 Å². The Morgan fingerprint density at radius 1 is 1.12 bits per heavy atom. The molecule has 0 aromatic heterocycles. The number of carbonyl (C=O) groups excluding carboxylic acids is 2. The second-order valence-corrected chi connectivity index (χ2v) is 5.04. The van der Waals surface area contributed by atoms with E-state index < -0.39 is 39.3 Å². The fourth-order valence-corrected chi connectivity index (χ4v) is 1.55. The molecular weight excluding hydrogens is 267 g/mol. The van der Waals surface area contributed by atoms with Gasteiger partial charge in [-0.2, -0.15) is 21.6 Å². The SMILES string of the molecule is CC1C(=O)N(OS(=O)(=O)C(F)(F)F)C(=O)C1C. The zero-order valence-corrected chi connectivity index (χ0v) is 9.50. The Labute approximate surface area is 94.4 Å². The van der Waals surface area contributed by atoms with Gasteiger partial charge >= 0.3 is 15.6 Å². The Bertz CT molecular complexity index is 437. The lowest BCUT2D eigenvalue weighted by molar-refractivity contribution is -0.168. The van der Waals surface area contributed by atoms with E-state index in [0.29, 0.717) is 0 Å². The number of nitrogens with zero attached hydrogens (tertiary/aromatic N) is 1. The molecule has 0 aromatic rings. The molecule has 17 heavy (non-hydrogen) atoms. The lowest BCUT2D eigenvalue weighted by Crippen LogP contribution is -2.38. The van der Waals surface area contributed by atoms with Crippen LogP contribution in [0.5, 0.6) is 0 Å². The van der Waals surface area contributed by atoms with E-state index in [0.717, 1.165) is 0 Å². The number of imide groups is 1. The number of hydrogen-bond donors (Lipinski definition) is 0. The molecule has 98 valence electrons. The molecule has 1 rings (SSSR count). The minimum atomic E-state index is -6.01. The molecule has 1 saturated heterocycles. The van der Waals surface area contributed by atoms with Crippen molar-refractivity contribution in [2.75, 3.05) is 0 Å². The summed E-state index contributed by atoms with van der Waals surface area (Å²) in [7, 11) is -6.01. The van der Waals surface area contributed by atoms with Gasteiger partial charge in [0.2, 0.25) is 0 Å². The fraction of sp³-hybridized carbons (Fsp3) is 0.714. The molecular formula is C7H8F3NO5S. The van der Waals surface area contributed by atoms with Gasteiger partial charge in [0.05, 0.1) is 0 Å². The second-order valence-electron chi connectivity index (χ2n) is 3.52. The van der Waals surface area contributed by atoms with Crippen molar-refractivity contribution in [3.05, 3.63) is 0 Å². The monoisotopic (exact) mass is 275 g/mol. The molecule has 2 atom stereocenters. The summed E-state index contributed by atoms with van der Waals surface area (Å²) in [6.45, 7) is 2.57. The lowest BCUT2D eigenvalue weighted by Gasteiger charge is -2.14. The van der Waals surface area contributed by atoms with Gasteiger partial charge in [0.25, 0.3) is 11.8 Å². The van der Waals surface area contributed by atoms with Crippen LogP contribution in [-0.2, 0) is 24.0 Å². The average molecular weight is 275 g/mol. The van der Waals surface area contributed by atoms with Crippen molar-refractivity contribution < 1.29 is 35.5 Å². The smallest absolute Gasteiger partial charge is 0.272 e. The van der Waals surface area contributed by atoms with Crippen LogP contribution in [0.15, 0.2) is 0 Å². The number of alkyl halides is 3. The van der Waals surface area contributed by atoms with Crippen LogP contribution >= 0.6 is 0 Å². The third-order valence-electron chi connectivity index (χ3n) is 2.39. The highest BCUT2D eigenvalue weighted by molar-refractivity contribution is 7.87. The summed E-state index contributed by atoms with van der Waals surface area (Å²) < 4.78 is 60.7. The van der Waals surface area contributed by atoms with Crippen molar-refractivity contribution in [1.29, 1.82) is 0 Å². The molecule has 2 unspecified atom stereocenters. The van der Waals surface area contributed by atoms with Crippen molar-refractivity contribution in [3.8, 4) is 0 Å². The summed E-state index contributed by atoms with van der Waals surface area (Å²) in [4.78, 5) is 22.6. The van der Waals surface area contributed by atoms with Crippen molar-refractivity contribution in [2.24, 2.45) is 11.8 Å². The first-order valence-electron chi connectivity index (χ1n) is 4.37. The summed E-state index contributed by atoms with van der Waals surface area (Å²) in [5.74, 6) is -4.08. The van der Waals surface area contributed by atoms with Crippen molar-refractivity contribution >= 4 is 21.9 Å². The first-order chi connectivity index (χ1) is 7.49. The molecule has 1 fully saturated rings. The number of carbonyl (C=O) groups is 2. The Balaban J connectivity index is 2.99. The molecule has 0 saturated carbocycles. The van der Waals surface area contributed by atoms with Gasteiger partial charge < -0.3 is 0 Å². The number of hydrogen-bond acceptors (Lipinski definition) is 5. The number of halogens is 3. The van der Waals surface area contributed by atoms with Crippen molar-refractivity contribution in [3.63, 3.8) is 0 Å². The summed E-state index contributed by atoms with van der Waals surface area (Å²) in [6, 6.07) is 0. The Morgan fingerprint density at radius 3 is 1.76 bits per heavy atom. The van der Waals surface area contributed by atoms with Crippen LogP contribution in [0, 0.1) is 11.8 Å². The molecule has 1 aliphatic heterocycles. The van der Waals surface area contributed by atoms with Gasteiger partial charge in [-0.3, -0.25) is 9.59 Å². The molecule has 0 aliphatic carbocycles. The highest BCUT2D eigenvalue weighted by Crippen LogP contribution is 2.31. The quantitative estimate of drug-likeness (QED) is 0.538. The largest absolute Gasteiger partial charge is 0.525 e. The third kappa shape index (κ3) is 2.27. The van der Waals surface area contributed by atoms with Gasteiger partial charge in [0.1, 0.15) is 0 Å². The fourth-order valence-electron chi connectivity index (χ4n) is 1.12. The molecule has 1 heterocycles. The normalized spacial score (nSPS) is 26.8. The minimum absolute atomic E-state index is 0.349. The van der Waals surface area contributed by atoms with Gasteiger partial charge in [-0.15, -0.1) is 9.35 Å². The maximum Gasteiger partial charge on any atom is 0.525 e. The molecule has 0 radical (unpaired) electrons. The summed E-state index contributed by atoms with van der Waals surface area (Å²) in [5, 5.41) is -0.349. The zero-order chi connectivity index (χ0) is 13.6. The van der Waals surface area contributed by atoms with Crippen LogP contribution in [0.4, 0.5) is 13.2 Å². The lowest BCUT2D eigenvalue weighted by atomic mass is 10.00. The van der Waals surface area contributed by atoms with Crippen molar-refractivity contribution in [1.82, 2.24) is 5.06 Å². The van der Waals surface area contributed by atoms with Crippen molar-refractivity contribution in [2.45, 2.75) is 19.4 Å². The number of amides is 2. The van der Waals surface area contributed by atoms with E-state index in [9.17, 15) is 31.2 Å². The Hall–Kier alpha value is -1.16. The molecule has 0 aromatic carbocycles. The summed E-state index contributed by atoms with van der Waals surface area (Å²) in [5.41, 5.74) is -5.69. The van der Waals surface area contributed by atoms with Gasteiger partial charge in [-0.1, -0.05) is 13.8 Å². The predicted molar refractivity (Wildman–Crippen MR) is 46.2 cm³/mol. The van der Waals surface area contributed by atoms with Crippen LogP contribution in [0.25, 0.3) is 0 Å². The van der Waals surface area contributed by atoms with E-state index in [1.54, 1.807) is 0 Å². The molecule has 10 heteroatoms. The van der Waals surface area contributed by atoms with Gasteiger partial charge in [0, 0.05) is 11.8 Å². The maximum atomic E-state index is 12.0. The topological polar surface area (TPSA) is 80.8 Å². The predicted octanol–water partition coefficient (Wildman–Crippen LogP) is 0.409. The van der Waals surface area contributed by atoms with Crippen LogP contribution in [-0.4, -0.2) is 30.8 Å². The standard InChI is InChI=1S/C7H8F3NO5S/c1-3-4(2)6(13)11(5(3)12)16-17(14,15)7(8,9)10/h3-4H,1-2H3. The first-order valence-corrected chi connectivity index (χ1v) is 5.78. The van der Waals surface area contributed by atoms with Crippen LogP contribution in [0.2, 0.25) is 0 Å². The molecule has 0 N–H and O–H groups in total. The molecule has 6 nitrogen and oxygen atoms in total. The highest BCUT2D eigenvalue weighted by atomic mass is 32.2. The zero-order valence-electron chi connectivity index (χ0n) is 8.69. The number of hydroxylamine groups is 2. The van der Waals surface area contributed by atoms with E-state index in [4.69, 9.17) is 0 Å². The highest BCUT2D eigenvalue weighted by Gasteiger charge is 2.53. The van der Waals surface area contributed by atoms with Crippen LogP contribution < -0.4 is 0 Å². The van der Waals surface area contributed by atoms with Gasteiger partial charge in [-0.05, 0) is 0 Å². The van der Waals surface area contributed by atoms with E-state index in [1.807, 2.05) is 0 Å². The first kappa shape index (κ1) is 13.9. The van der Waals surface area contributed by atoms with Gasteiger partial charge in [0.15, 0.2) is 0 Å². The minimum Gasteiger partial charge on any atom is -0.272 e. The van der Waals surface area contributed by atoms with Crippen LogP contribution in [0.3, 0.4) is 0 Å². The van der Waals surface area contributed by atoms with E-state index >= 15 is 0 Å². The molecule has 0 bridgehead atoms. The second kappa shape index (κ2) is 3.95. The summed E-state index contributed by atoms with van der Waals surface area (Å²) in [6.07, 6.45) is 0. The Morgan fingerprint density at radius 2 is 1.47 bits per heavy atom. The summed E-state index contributed by atoms with van der Waals surface area (Å²) >= 11 is 0. The van der Waals surface area contributed by atoms with E-state index in [-0.39, 0.29) is 5.06 Å². The molecule has 1 aliphatic rings. The average Bonchev–Trinajstić information content (AvgIpc) is 2.34. The van der Waals surface area contributed by atoms with Gasteiger partial charge in [-0.25, -0.2) is 0 Å². The number of rotatable bonds is 2. The maximum absolute atomic E-state index is 12.0. The molecule has 0 spiro atoms.